The van der Waals surface area contributed by atoms with Crippen LogP contribution in [0.5, 0.6) is 5.75 Å². The Morgan fingerprint density at radius 3 is 2.56 bits per heavy atom. The number of amides is 1. The van der Waals surface area contributed by atoms with Crippen LogP contribution in [-0.4, -0.2) is 53.3 Å². The molecule has 16 heteroatoms. The SMILES string of the molecule is CS(=O)(=O)Oc1cccc2c1COC(c1csc(C3CCN(C(=O)Cn4nc(C(Cl)Cl)cc4C(Cl)Cl)CC3)n1)OC2. The molecule has 1 aromatic carbocycles. The molecule has 2 aliphatic rings. The summed E-state index contributed by atoms with van der Waals surface area (Å²) in [7, 11) is -3.69. The Balaban J connectivity index is 1.18. The molecule has 1 amide bonds. The quantitative estimate of drug-likeness (QED) is 0.217. The molecule has 1 fully saturated rings. The molecule has 2 aliphatic heterocycles. The number of benzene rings is 1. The third-order valence-electron chi connectivity index (χ3n) is 6.78. The van der Waals surface area contributed by atoms with Gasteiger partial charge in [0.05, 0.1) is 35.9 Å². The van der Waals surface area contributed by atoms with Gasteiger partial charge in [-0.25, -0.2) is 4.98 Å². The number of thiazole rings is 1. The smallest absolute Gasteiger partial charge is 0.306 e. The molecule has 0 spiro atoms. The van der Waals surface area contributed by atoms with Gasteiger partial charge >= 0.3 is 10.1 Å². The Kier molecular flexibility index (Phi) is 9.71. The number of carbonyl (C=O) groups is 1. The Morgan fingerprint density at radius 1 is 1.15 bits per heavy atom. The van der Waals surface area contributed by atoms with E-state index in [1.807, 2.05) is 11.4 Å². The number of hydrogen-bond acceptors (Lipinski definition) is 9. The number of carbonyl (C=O) groups excluding carboxylic acids is 1. The van der Waals surface area contributed by atoms with E-state index in [1.54, 1.807) is 23.1 Å². The van der Waals surface area contributed by atoms with Crippen LogP contribution in [0, 0.1) is 0 Å². The lowest BCUT2D eigenvalue weighted by Gasteiger charge is -2.31. The molecule has 5 rings (SSSR count). The van der Waals surface area contributed by atoms with Gasteiger partial charge in [0, 0.05) is 30.0 Å². The van der Waals surface area contributed by atoms with E-state index in [-0.39, 0.29) is 37.3 Å². The summed E-state index contributed by atoms with van der Waals surface area (Å²) in [6.07, 6.45) is 1.79. The summed E-state index contributed by atoms with van der Waals surface area (Å²) in [5.74, 6) is 0.310. The van der Waals surface area contributed by atoms with E-state index in [9.17, 15) is 13.2 Å². The minimum atomic E-state index is -3.69. The number of likely N-dealkylation sites (tertiary alicyclic amines) is 1. The minimum absolute atomic E-state index is 0.0203. The van der Waals surface area contributed by atoms with Crippen molar-refractivity contribution < 1.29 is 26.9 Å². The fraction of sp³-hybridized carbons (Fsp3) is 0.480. The second kappa shape index (κ2) is 12.9. The number of nitrogens with zero attached hydrogens (tertiary/aromatic N) is 4. The van der Waals surface area contributed by atoms with Crippen molar-refractivity contribution in [3.05, 3.63) is 62.9 Å². The topological polar surface area (TPSA) is 113 Å². The Labute approximate surface area is 261 Å². The van der Waals surface area contributed by atoms with Crippen molar-refractivity contribution >= 4 is 73.8 Å². The lowest BCUT2D eigenvalue weighted by molar-refractivity contribution is -0.155. The molecule has 0 saturated carbocycles. The van der Waals surface area contributed by atoms with Crippen molar-refractivity contribution in [1.29, 1.82) is 0 Å². The van der Waals surface area contributed by atoms with Crippen molar-refractivity contribution in [2.45, 2.75) is 54.5 Å². The highest BCUT2D eigenvalue weighted by molar-refractivity contribution is 7.86. The molecule has 0 bridgehead atoms. The van der Waals surface area contributed by atoms with Gasteiger partial charge in [-0.15, -0.1) is 11.3 Å². The van der Waals surface area contributed by atoms with Gasteiger partial charge in [0.15, 0.2) is 4.84 Å². The minimum Gasteiger partial charge on any atom is -0.382 e. The molecule has 0 radical (unpaired) electrons. The number of alkyl halides is 4. The maximum absolute atomic E-state index is 13.0. The summed E-state index contributed by atoms with van der Waals surface area (Å²) in [5.41, 5.74) is 2.91. The number of fused-ring (bicyclic) bond motifs is 1. The molecular weight excluding hydrogens is 658 g/mol. The Bertz CT molecular complexity index is 1510. The number of piperidine rings is 1. The fourth-order valence-electron chi connectivity index (χ4n) is 4.76. The average Bonchev–Trinajstić information content (AvgIpc) is 3.51. The normalized spacial score (nSPS) is 18.5. The third-order valence-corrected chi connectivity index (χ3v) is 9.18. The standard InChI is InChI=1S/C25H26Cl4N4O6S2/c1-41(35,36)39-20-4-2-3-15-11-37-25(38-12-16(15)20)18-13-40-24(30-18)14-5-7-32(8-6-14)21(34)10-33-19(23(28)29)9-17(31-33)22(26)27/h2-4,9,13-14,22-23,25H,5-8,10-12H2,1H3. The number of aromatic nitrogens is 3. The van der Waals surface area contributed by atoms with E-state index >= 15 is 0 Å². The summed E-state index contributed by atoms with van der Waals surface area (Å²) in [5, 5.41) is 7.14. The van der Waals surface area contributed by atoms with Gasteiger partial charge < -0.3 is 18.6 Å². The van der Waals surface area contributed by atoms with E-state index < -0.39 is 26.1 Å². The van der Waals surface area contributed by atoms with Crippen LogP contribution in [0.4, 0.5) is 0 Å². The monoisotopic (exact) mass is 682 g/mol. The number of ether oxygens (including phenoxy) is 2. The van der Waals surface area contributed by atoms with Gasteiger partial charge in [-0.1, -0.05) is 58.5 Å². The maximum Gasteiger partial charge on any atom is 0.306 e. The summed E-state index contributed by atoms with van der Waals surface area (Å²) < 4.78 is 41.8. The zero-order valence-electron chi connectivity index (χ0n) is 21.7. The van der Waals surface area contributed by atoms with Crippen molar-refractivity contribution in [3.63, 3.8) is 0 Å². The first kappa shape index (κ1) is 30.8. The average molecular weight is 684 g/mol. The van der Waals surface area contributed by atoms with Crippen LogP contribution in [0.15, 0.2) is 29.6 Å². The van der Waals surface area contributed by atoms with Gasteiger partial charge in [0.2, 0.25) is 12.2 Å². The highest BCUT2D eigenvalue weighted by atomic mass is 35.5. The van der Waals surface area contributed by atoms with Crippen molar-refractivity contribution in [1.82, 2.24) is 19.7 Å². The molecule has 10 nitrogen and oxygen atoms in total. The van der Waals surface area contributed by atoms with Crippen LogP contribution >= 0.6 is 57.7 Å². The van der Waals surface area contributed by atoms with Gasteiger partial charge in [-0.3, -0.25) is 9.48 Å². The molecule has 4 heterocycles. The molecule has 1 saturated heterocycles. The maximum atomic E-state index is 13.0. The second-order valence-corrected chi connectivity index (χ2v) is 14.3. The van der Waals surface area contributed by atoms with Gasteiger partial charge in [-0.2, -0.15) is 13.5 Å². The largest absolute Gasteiger partial charge is 0.382 e. The summed E-state index contributed by atoms with van der Waals surface area (Å²) >= 11 is 25.5. The van der Waals surface area contributed by atoms with E-state index in [2.05, 4.69) is 5.10 Å². The Hall–Kier alpha value is -1.64. The van der Waals surface area contributed by atoms with Crippen LogP contribution in [0.1, 0.15) is 67.9 Å². The van der Waals surface area contributed by atoms with Gasteiger partial charge in [-0.05, 0) is 30.5 Å². The molecule has 0 N–H and O–H groups in total. The van der Waals surface area contributed by atoms with E-state index in [0.29, 0.717) is 35.7 Å². The zero-order valence-corrected chi connectivity index (χ0v) is 26.4. The lowest BCUT2D eigenvalue weighted by atomic mass is 9.97. The summed E-state index contributed by atoms with van der Waals surface area (Å²) in [4.78, 5) is 17.9. The first-order chi connectivity index (χ1) is 19.5. The summed E-state index contributed by atoms with van der Waals surface area (Å²) in [6.45, 7) is 1.44. The highest BCUT2D eigenvalue weighted by Gasteiger charge is 2.29. The number of halogens is 4. The van der Waals surface area contributed by atoms with E-state index in [0.717, 1.165) is 29.7 Å². The molecule has 0 aliphatic carbocycles. The van der Waals surface area contributed by atoms with Gasteiger partial charge in [0.25, 0.3) is 0 Å². The van der Waals surface area contributed by atoms with Crippen LogP contribution in [0.25, 0.3) is 0 Å². The molecular formula is C25H26Cl4N4O6S2. The van der Waals surface area contributed by atoms with Crippen molar-refractivity contribution in [2.24, 2.45) is 0 Å². The predicted octanol–water partition coefficient (Wildman–Crippen LogP) is 5.78. The lowest BCUT2D eigenvalue weighted by Crippen LogP contribution is -2.40. The first-order valence-corrected chi connectivity index (χ1v) is 17.0. The highest BCUT2D eigenvalue weighted by Crippen LogP contribution is 2.36. The van der Waals surface area contributed by atoms with Gasteiger partial charge in [0.1, 0.15) is 22.8 Å². The Morgan fingerprint density at radius 2 is 1.88 bits per heavy atom. The van der Waals surface area contributed by atoms with Crippen LogP contribution in [0.2, 0.25) is 0 Å². The second-order valence-electron chi connectivity index (χ2n) is 9.65. The summed E-state index contributed by atoms with van der Waals surface area (Å²) in [6, 6.07) is 6.75. The van der Waals surface area contributed by atoms with Crippen molar-refractivity contribution in [2.75, 3.05) is 19.3 Å². The van der Waals surface area contributed by atoms with Crippen molar-refractivity contribution in [3.8, 4) is 5.75 Å². The van der Waals surface area contributed by atoms with E-state index in [1.165, 1.54) is 16.0 Å². The zero-order chi connectivity index (χ0) is 29.3. The van der Waals surface area contributed by atoms with Crippen LogP contribution in [-0.2, 0) is 44.1 Å². The number of rotatable bonds is 8. The van der Waals surface area contributed by atoms with Crippen LogP contribution in [0.3, 0.4) is 0 Å². The predicted molar refractivity (Wildman–Crippen MR) is 156 cm³/mol. The molecule has 1 atom stereocenters. The fourth-order valence-corrected chi connectivity index (χ4v) is 6.79. The molecule has 1 unspecified atom stereocenters. The van der Waals surface area contributed by atoms with Crippen LogP contribution < -0.4 is 4.18 Å². The molecule has 222 valence electrons. The molecule has 2 aromatic heterocycles. The molecule has 3 aromatic rings. The van der Waals surface area contributed by atoms with E-state index in [4.69, 9.17) is 65.0 Å². The molecule has 41 heavy (non-hydrogen) atoms. The first-order valence-electron chi connectivity index (χ1n) is 12.6. The third kappa shape index (κ3) is 7.48. The number of hydrogen-bond donors (Lipinski definition) is 0.